The van der Waals surface area contributed by atoms with Gasteiger partial charge < -0.3 is 10.6 Å². The zero-order valence-electron chi connectivity index (χ0n) is 11.2. The molecule has 0 aromatic carbocycles. The Bertz CT molecular complexity index is 420. The maximum Gasteiger partial charge on any atom is 0.340 e. The lowest BCUT2D eigenvalue weighted by molar-refractivity contribution is -0.159. The predicted octanol–water partition coefficient (Wildman–Crippen LogP) is 2.43. The summed E-state index contributed by atoms with van der Waals surface area (Å²) in [6.45, 7) is 3.94. The molecule has 0 aromatic rings. The molecule has 0 radical (unpaired) electrons. The second-order valence-corrected chi connectivity index (χ2v) is 6.83. The first-order valence-electron chi connectivity index (χ1n) is 7.01. The van der Waals surface area contributed by atoms with Gasteiger partial charge in [0.1, 0.15) is 5.84 Å². The Labute approximate surface area is 108 Å². The third-order valence-electron chi connectivity index (χ3n) is 5.25. The van der Waals surface area contributed by atoms with Gasteiger partial charge in [-0.15, -0.1) is 0 Å². The molecular formula is C14H22N2O2. The number of hydrogen-bond donors (Lipinski definition) is 1. The summed E-state index contributed by atoms with van der Waals surface area (Å²) in [4.78, 5) is 17.3. The second kappa shape index (κ2) is 3.72. The van der Waals surface area contributed by atoms with E-state index in [0.717, 1.165) is 24.7 Å². The fourth-order valence-corrected chi connectivity index (χ4v) is 4.44. The Hall–Kier alpha value is -1.06. The van der Waals surface area contributed by atoms with Crippen molar-refractivity contribution in [3.8, 4) is 0 Å². The second-order valence-electron chi connectivity index (χ2n) is 6.83. The van der Waals surface area contributed by atoms with E-state index < -0.39 is 0 Å². The minimum Gasteiger partial charge on any atom is -0.384 e. The van der Waals surface area contributed by atoms with E-state index in [9.17, 15) is 4.79 Å². The van der Waals surface area contributed by atoms with E-state index in [1.54, 1.807) is 0 Å². The lowest BCUT2D eigenvalue weighted by atomic mass is 9.67. The van der Waals surface area contributed by atoms with E-state index in [4.69, 9.17) is 10.6 Å². The number of oxime groups is 1. The molecule has 18 heavy (non-hydrogen) atoms. The SMILES string of the molecule is CCC(N)=NOC(=O)C1(C)CC2CC3CC3(C2)C1. The molecule has 4 atom stereocenters. The number of rotatable bonds is 3. The number of nitrogens with zero attached hydrogens (tertiary/aromatic N) is 1. The van der Waals surface area contributed by atoms with E-state index in [0.29, 0.717) is 17.7 Å². The monoisotopic (exact) mass is 250 g/mol. The maximum atomic E-state index is 12.2. The number of amidine groups is 1. The molecule has 3 fully saturated rings. The van der Waals surface area contributed by atoms with Gasteiger partial charge in [-0.2, -0.15) is 0 Å². The lowest BCUT2D eigenvalue weighted by Gasteiger charge is -2.37. The largest absolute Gasteiger partial charge is 0.384 e. The molecule has 4 nitrogen and oxygen atoms in total. The molecule has 0 amide bonds. The van der Waals surface area contributed by atoms with Crippen LogP contribution in [-0.4, -0.2) is 11.8 Å². The van der Waals surface area contributed by atoms with Gasteiger partial charge in [-0.25, -0.2) is 4.79 Å². The number of fused-ring (bicyclic) bond motifs is 1. The Morgan fingerprint density at radius 2 is 2.22 bits per heavy atom. The highest BCUT2D eigenvalue weighted by Crippen LogP contribution is 2.74. The van der Waals surface area contributed by atoms with Crippen molar-refractivity contribution in [1.29, 1.82) is 0 Å². The number of hydrogen-bond acceptors (Lipinski definition) is 3. The molecule has 3 aliphatic rings. The van der Waals surface area contributed by atoms with Crippen molar-refractivity contribution in [1.82, 2.24) is 0 Å². The van der Waals surface area contributed by atoms with Crippen molar-refractivity contribution in [2.24, 2.45) is 33.6 Å². The van der Waals surface area contributed by atoms with Crippen LogP contribution in [0.1, 0.15) is 52.4 Å². The molecule has 1 spiro atoms. The normalized spacial score (nSPS) is 45.6. The summed E-state index contributed by atoms with van der Waals surface area (Å²) in [5, 5.41) is 3.71. The minimum absolute atomic E-state index is 0.185. The molecule has 3 aliphatic carbocycles. The van der Waals surface area contributed by atoms with Crippen molar-refractivity contribution < 1.29 is 9.63 Å². The first-order chi connectivity index (χ1) is 8.47. The highest BCUT2D eigenvalue weighted by atomic mass is 16.7. The average molecular weight is 250 g/mol. The van der Waals surface area contributed by atoms with E-state index in [-0.39, 0.29) is 11.4 Å². The number of nitrogens with two attached hydrogens (primary N) is 1. The Kier molecular flexibility index (Phi) is 2.48. The summed E-state index contributed by atoms with van der Waals surface area (Å²) >= 11 is 0. The average Bonchev–Trinajstić information content (AvgIpc) is 2.87. The third kappa shape index (κ3) is 1.73. The van der Waals surface area contributed by atoms with Crippen LogP contribution in [0.3, 0.4) is 0 Å². The van der Waals surface area contributed by atoms with E-state index in [2.05, 4.69) is 5.16 Å². The van der Waals surface area contributed by atoms with Crippen LogP contribution < -0.4 is 5.73 Å². The topological polar surface area (TPSA) is 64.7 Å². The summed E-state index contributed by atoms with van der Waals surface area (Å²) in [7, 11) is 0. The Morgan fingerprint density at radius 1 is 1.44 bits per heavy atom. The summed E-state index contributed by atoms with van der Waals surface area (Å²) in [5.74, 6) is 1.81. The van der Waals surface area contributed by atoms with Gasteiger partial charge in [-0.1, -0.05) is 12.1 Å². The highest BCUT2D eigenvalue weighted by molar-refractivity contribution is 5.82. The van der Waals surface area contributed by atoms with Crippen LogP contribution in [0.4, 0.5) is 0 Å². The molecule has 2 N–H and O–H groups in total. The molecule has 4 heteroatoms. The minimum atomic E-state index is -0.342. The maximum absolute atomic E-state index is 12.2. The van der Waals surface area contributed by atoms with Crippen LogP contribution in [0, 0.1) is 22.7 Å². The van der Waals surface area contributed by atoms with Crippen molar-refractivity contribution >= 4 is 11.8 Å². The van der Waals surface area contributed by atoms with Crippen LogP contribution in [-0.2, 0) is 9.63 Å². The first kappa shape index (κ1) is 12.0. The van der Waals surface area contributed by atoms with Gasteiger partial charge in [0.25, 0.3) is 0 Å². The number of carbonyl (C=O) groups excluding carboxylic acids is 1. The summed E-state index contributed by atoms with van der Waals surface area (Å²) in [6.07, 6.45) is 6.54. The lowest BCUT2D eigenvalue weighted by Crippen LogP contribution is -2.37. The zero-order valence-corrected chi connectivity index (χ0v) is 11.2. The zero-order chi connectivity index (χ0) is 13.0. The van der Waals surface area contributed by atoms with Crippen LogP contribution in [0.5, 0.6) is 0 Å². The van der Waals surface area contributed by atoms with Crippen molar-refractivity contribution in [2.75, 3.05) is 0 Å². The molecule has 0 aromatic heterocycles. The molecule has 4 unspecified atom stereocenters. The predicted molar refractivity (Wildman–Crippen MR) is 68.6 cm³/mol. The fraction of sp³-hybridized carbons (Fsp3) is 0.857. The molecule has 0 heterocycles. The van der Waals surface area contributed by atoms with Gasteiger partial charge in [0.15, 0.2) is 0 Å². The Morgan fingerprint density at radius 3 is 2.89 bits per heavy atom. The van der Waals surface area contributed by atoms with Crippen LogP contribution in [0.2, 0.25) is 0 Å². The van der Waals surface area contributed by atoms with Gasteiger partial charge in [0, 0.05) is 6.42 Å². The van der Waals surface area contributed by atoms with Gasteiger partial charge in [-0.05, 0) is 56.3 Å². The fourth-order valence-electron chi connectivity index (χ4n) is 4.44. The molecular weight excluding hydrogens is 228 g/mol. The molecule has 2 bridgehead atoms. The molecule has 3 rings (SSSR count). The van der Waals surface area contributed by atoms with Crippen molar-refractivity contribution in [3.63, 3.8) is 0 Å². The Balaban J connectivity index is 1.69. The molecule has 0 aliphatic heterocycles. The van der Waals surface area contributed by atoms with E-state index in [1.807, 2.05) is 13.8 Å². The van der Waals surface area contributed by atoms with Crippen LogP contribution in [0.15, 0.2) is 5.16 Å². The summed E-state index contributed by atoms with van der Waals surface area (Å²) < 4.78 is 0. The van der Waals surface area contributed by atoms with Gasteiger partial charge in [0.2, 0.25) is 0 Å². The standard InChI is InChI=1S/C14H22N2O2/c1-3-11(15)16-18-12(17)13(2)5-9-4-10-7-14(10,6-9)8-13/h9-10H,3-8H2,1-2H3,(H2,15,16). The van der Waals surface area contributed by atoms with Crippen molar-refractivity contribution in [2.45, 2.75) is 52.4 Å². The molecule has 0 saturated heterocycles. The van der Waals surface area contributed by atoms with Crippen LogP contribution in [0.25, 0.3) is 0 Å². The van der Waals surface area contributed by atoms with Gasteiger partial charge in [-0.3, -0.25) is 0 Å². The van der Waals surface area contributed by atoms with E-state index >= 15 is 0 Å². The summed E-state index contributed by atoms with van der Waals surface area (Å²) in [6, 6.07) is 0. The number of carbonyl (C=O) groups is 1. The van der Waals surface area contributed by atoms with Crippen LogP contribution >= 0.6 is 0 Å². The van der Waals surface area contributed by atoms with Gasteiger partial charge >= 0.3 is 5.97 Å². The third-order valence-corrected chi connectivity index (χ3v) is 5.25. The first-order valence-corrected chi connectivity index (χ1v) is 7.01. The van der Waals surface area contributed by atoms with E-state index in [1.165, 1.54) is 19.3 Å². The van der Waals surface area contributed by atoms with Gasteiger partial charge in [0.05, 0.1) is 5.41 Å². The quantitative estimate of drug-likeness (QED) is 0.362. The smallest absolute Gasteiger partial charge is 0.340 e. The van der Waals surface area contributed by atoms with Crippen molar-refractivity contribution in [3.05, 3.63) is 0 Å². The highest BCUT2D eigenvalue weighted by Gasteiger charge is 2.66. The summed E-state index contributed by atoms with van der Waals surface area (Å²) in [5.41, 5.74) is 5.71. The molecule has 100 valence electrons. The molecule has 3 saturated carbocycles.